The van der Waals surface area contributed by atoms with Gasteiger partial charge in [-0.2, -0.15) is 0 Å². The molecule has 0 aliphatic rings. The molecule has 0 aliphatic heterocycles. The van der Waals surface area contributed by atoms with Crippen molar-refractivity contribution >= 4 is 21.8 Å². The summed E-state index contributed by atoms with van der Waals surface area (Å²) >= 11 is 3.22. The second kappa shape index (κ2) is 7.36. The van der Waals surface area contributed by atoms with Gasteiger partial charge in [0.25, 0.3) is 0 Å². The van der Waals surface area contributed by atoms with E-state index in [1.54, 1.807) is 0 Å². The summed E-state index contributed by atoms with van der Waals surface area (Å²) in [5, 5.41) is 2.87. The Labute approximate surface area is 89.6 Å². The van der Waals surface area contributed by atoms with Crippen molar-refractivity contribution in [3.63, 3.8) is 0 Å². The SMILES string of the molecule is CC(C)CCCCNC(=O)[C@@H](C)Br. The van der Waals surface area contributed by atoms with Crippen molar-refractivity contribution in [3.8, 4) is 0 Å². The summed E-state index contributed by atoms with van der Waals surface area (Å²) in [7, 11) is 0. The number of alkyl halides is 1. The van der Waals surface area contributed by atoms with Gasteiger partial charge in [0, 0.05) is 6.54 Å². The predicted molar refractivity (Wildman–Crippen MR) is 60.1 cm³/mol. The van der Waals surface area contributed by atoms with Gasteiger partial charge < -0.3 is 5.32 Å². The molecule has 0 aromatic rings. The van der Waals surface area contributed by atoms with E-state index < -0.39 is 0 Å². The summed E-state index contributed by atoms with van der Waals surface area (Å²) in [4.78, 5) is 11.0. The molecule has 0 saturated heterocycles. The molecule has 0 aliphatic carbocycles. The maximum absolute atomic E-state index is 11.1. The Morgan fingerprint density at radius 3 is 2.38 bits per heavy atom. The summed E-state index contributed by atoms with van der Waals surface area (Å²) in [5.41, 5.74) is 0. The average Bonchev–Trinajstić information content (AvgIpc) is 2.02. The number of hydrogen-bond donors (Lipinski definition) is 1. The first-order chi connectivity index (χ1) is 6.04. The fraction of sp³-hybridized carbons (Fsp3) is 0.900. The van der Waals surface area contributed by atoms with Crippen molar-refractivity contribution in [1.82, 2.24) is 5.32 Å². The smallest absolute Gasteiger partial charge is 0.233 e. The summed E-state index contributed by atoms with van der Waals surface area (Å²) in [6.45, 7) is 7.09. The third-order valence-corrected chi connectivity index (χ3v) is 2.28. The zero-order chi connectivity index (χ0) is 10.3. The average molecular weight is 250 g/mol. The van der Waals surface area contributed by atoms with E-state index in [1.165, 1.54) is 12.8 Å². The lowest BCUT2D eigenvalue weighted by Crippen LogP contribution is -2.30. The molecule has 0 bridgehead atoms. The van der Waals surface area contributed by atoms with Gasteiger partial charge in [-0.05, 0) is 19.3 Å². The van der Waals surface area contributed by atoms with Gasteiger partial charge in [0.05, 0.1) is 4.83 Å². The minimum atomic E-state index is -0.0717. The molecule has 0 unspecified atom stereocenters. The molecule has 0 rings (SSSR count). The fourth-order valence-electron chi connectivity index (χ4n) is 1.03. The number of carbonyl (C=O) groups excluding carboxylic acids is 1. The molecule has 0 aromatic carbocycles. The van der Waals surface area contributed by atoms with Crippen LogP contribution in [0.5, 0.6) is 0 Å². The van der Waals surface area contributed by atoms with E-state index in [-0.39, 0.29) is 10.7 Å². The van der Waals surface area contributed by atoms with Crippen molar-refractivity contribution < 1.29 is 4.79 Å². The molecule has 0 spiro atoms. The first kappa shape index (κ1) is 12.9. The van der Waals surface area contributed by atoms with Crippen molar-refractivity contribution in [1.29, 1.82) is 0 Å². The van der Waals surface area contributed by atoms with Gasteiger partial charge in [-0.15, -0.1) is 0 Å². The third kappa shape index (κ3) is 8.28. The van der Waals surface area contributed by atoms with E-state index in [4.69, 9.17) is 0 Å². The molecule has 0 heterocycles. The number of unbranched alkanes of at least 4 members (excludes halogenated alkanes) is 1. The van der Waals surface area contributed by atoms with Gasteiger partial charge in [-0.3, -0.25) is 4.79 Å². The Morgan fingerprint density at radius 1 is 1.31 bits per heavy atom. The standard InChI is InChI=1S/C10H20BrNO/c1-8(2)6-4-5-7-12-10(13)9(3)11/h8-9H,4-7H2,1-3H3,(H,12,13)/t9-/m1/s1. The molecular weight excluding hydrogens is 230 g/mol. The van der Waals surface area contributed by atoms with E-state index in [2.05, 4.69) is 35.1 Å². The highest BCUT2D eigenvalue weighted by molar-refractivity contribution is 9.10. The Balaban J connectivity index is 3.21. The maximum Gasteiger partial charge on any atom is 0.233 e. The summed E-state index contributed by atoms with van der Waals surface area (Å²) < 4.78 is 0. The van der Waals surface area contributed by atoms with Crippen LogP contribution in [0.15, 0.2) is 0 Å². The van der Waals surface area contributed by atoms with Crippen LogP contribution in [-0.4, -0.2) is 17.3 Å². The number of halogens is 1. The predicted octanol–water partition coefficient (Wildman–Crippen LogP) is 2.71. The molecule has 1 N–H and O–H groups in total. The highest BCUT2D eigenvalue weighted by Gasteiger charge is 2.06. The largest absolute Gasteiger partial charge is 0.355 e. The van der Waals surface area contributed by atoms with Crippen molar-refractivity contribution in [2.75, 3.05) is 6.54 Å². The molecule has 3 heteroatoms. The Kier molecular flexibility index (Phi) is 7.33. The van der Waals surface area contributed by atoms with E-state index in [0.717, 1.165) is 18.9 Å². The molecule has 1 atom stereocenters. The zero-order valence-electron chi connectivity index (χ0n) is 8.77. The highest BCUT2D eigenvalue weighted by atomic mass is 79.9. The van der Waals surface area contributed by atoms with Gasteiger partial charge >= 0.3 is 0 Å². The topological polar surface area (TPSA) is 29.1 Å². The Bertz CT molecular complexity index is 146. The molecule has 0 aromatic heterocycles. The third-order valence-electron chi connectivity index (χ3n) is 1.87. The monoisotopic (exact) mass is 249 g/mol. The lowest BCUT2D eigenvalue weighted by molar-refractivity contribution is -0.120. The summed E-state index contributed by atoms with van der Waals surface area (Å²) in [6, 6.07) is 0. The highest BCUT2D eigenvalue weighted by Crippen LogP contribution is 2.05. The number of nitrogens with one attached hydrogen (secondary N) is 1. The van der Waals surface area contributed by atoms with Crippen LogP contribution in [0.25, 0.3) is 0 Å². The second-order valence-electron chi connectivity index (χ2n) is 3.80. The molecule has 2 nitrogen and oxygen atoms in total. The number of amides is 1. The summed E-state index contributed by atoms with van der Waals surface area (Å²) in [6.07, 6.45) is 3.54. The molecular formula is C10H20BrNO. The van der Waals surface area contributed by atoms with Crippen LogP contribution in [0.2, 0.25) is 0 Å². The van der Waals surface area contributed by atoms with Gasteiger partial charge in [0.2, 0.25) is 5.91 Å². The summed E-state index contributed by atoms with van der Waals surface area (Å²) in [5.74, 6) is 0.857. The number of rotatable bonds is 6. The zero-order valence-corrected chi connectivity index (χ0v) is 10.4. The van der Waals surface area contributed by atoms with Gasteiger partial charge in [0.15, 0.2) is 0 Å². The van der Waals surface area contributed by atoms with Crippen LogP contribution >= 0.6 is 15.9 Å². The van der Waals surface area contributed by atoms with E-state index >= 15 is 0 Å². The Hall–Kier alpha value is -0.0500. The fourth-order valence-corrected chi connectivity index (χ4v) is 1.19. The quantitative estimate of drug-likeness (QED) is 0.570. The lowest BCUT2D eigenvalue weighted by Gasteiger charge is -2.07. The number of hydrogen-bond acceptors (Lipinski definition) is 1. The van der Waals surface area contributed by atoms with E-state index in [1.807, 2.05) is 6.92 Å². The molecule has 1 amide bonds. The molecule has 0 saturated carbocycles. The van der Waals surface area contributed by atoms with Crippen LogP contribution in [-0.2, 0) is 4.79 Å². The first-order valence-corrected chi connectivity index (χ1v) is 5.87. The van der Waals surface area contributed by atoms with Crippen LogP contribution in [0.1, 0.15) is 40.0 Å². The first-order valence-electron chi connectivity index (χ1n) is 4.95. The van der Waals surface area contributed by atoms with Crippen LogP contribution < -0.4 is 5.32 Å². The van der Waals surface area contributed by atoms with Crippen LogP contribution in [0.4, 0.5) is 0 Å². The lowest BCUT2D eigenvalue weighted by atomic mass is 10.1. The van der Waals surface area contributed by atoms with Gasteiger partial charge in [-0.25, -0.2) is 0 Å². The minimum Gasteiger partial charge on any atom is -0.355 e. The van der Waals surface area contributed by atoms with Crippen molar-refractivity contribution in [2.24, 2.45) is 5.92 Å². The maximum atomic E-state index is 11.1. The van der Waals surface area contributed by atoms with E-state index in [9.17, 15) is 4.79 Å². The second-order valence-corrected chi connectivity index (χ2v) is 5.17. The van der Waals surface area contributed by atoms with Crippen molar-refractivity contribution in [2.45, 2.75) is 44.9 Å². The van der Waals surface area contributed by atoms with Gasteiger partial charge in [0.1, 0.15) is 0 Å². The normalized spacial score (nSPS) is 13.0. The molecule has 0 fully saturated rings. The molecule has 78 valence electrons. The molecule has 0 radical (unpaired) electrons. The molecule has 13 heavy (non-hydrogen) atoms. The van der Waals surface area contributed by atoms with Gasteiger partial charge in [-0.1, -0.05) is 42.6 Å². The van der Waals surface area contributed by atoms with Crippen LogP contribution in [0, 0.1) is 5.92 Å². The van der Waals surface area contributed by atoms with Crippen LogP contribution in [0.3, 0.4) is 0 Å². The van der Waals surface area contributed by atoms with Crippen molar-refractivity contribution in [3.05, 3.63) is 0 Å². The number of carbonyl (C=O) groups is 1. The van der Waals surface area contributed by atoms with E-state index in [0.29, 0.717) is 0 Å². The minimum absolute atomic E-state index is 0.0717. The Morgan fingerprint density at radius 2 is 1.92 bits per heavy atom.